The highest BCUT2D eigenvalue weighted by Gasteiger charge is 2.41. The van der Waals surface area contributed by atoms with Crippen LogP contribution < -0.4 is 16.0 Å². The minimum absolute atomic E-state index is 0.0335. The van der Waals surface area contributed by atoms with Gasteiger partial charge in [0.25, 0.3) is 0 Å². The van der Waals surface area contributed by atoms with Gasteiger partial charge in [0.2, 0.25) is 5.91 Å². The zero-order valence-electron chi connectivity index (χ0n) is 26.6. The van der Waals surface area contributed by atoms with Gasteiger partial charge >= 0.3 is 0 Å². The van der Waals surface area contributed by atoms with Gasteiger partial charge in [-0.2, -0.15) is 5.10 Å². The SMILES string of the molecule is C=CC(=O)N1CCC(n2nc(N3CC[C@@H](CN4CC5COC(CO5)C4)CC3(C)C)c(-c3c(Cl)c(Cl)cc(N)c3C=[NH2+])c2C)CC1. The van der Waals surface area contributed by atoms with Crippen molar-refractivity contribution in [1.82, 2.24) is 19.6 Å². The average molecular weight is 660 g/mol. The summed E-state index contributed by atoms with van der Waals surface area (Å²) in [6, 6.07) is 1.77. The van der Waals surface area contributed by atoms with Crippen LogP contribution in [0.1, 0.15) is 56.8 Å². The topological polar surface area (TPSA) is 115 Å². The molecule has 4 N–H and O–H groups in total. The van der Waals surface area contributed by atoms with E-state index in [1.165, 1.54) is 12.3 Å². The molecule has 5 aliphatic rings. The Bertz CT molecular complexity index is 1450. The van der Waals surface area contributed by atoms with E-state index in [0.717, 1.165) is 68.9 Å². The van der Waals surface area contributed by atoms with E-state index in [2.05, 4.69) is 41.8 Å². The van der Waals surface area contributed by atoms with Gasteiger partial charge in [-0.25, -0.2) is 0 Å². The Kier molecular flexibility index (Phi) is 9.24. The maximum absolute atomic E-state index is 12.3. The number of ether oxygens (including phenoxy) is 2. The molecule has 6 heterocycles. The number of hydrogen-bond acceptors (Lipinski definition) is 7. The summed E-state index contributed by atoms with van der Waals surface area (Å²) in [5, 5.41) is 12.3. The number of piperidine rings is 2. The number of nitrogen functional groups attached to an aromatic ring is 1. The molecule has 0 aliphatic carbocycles. The van der Waals surface area contributed by atoms with Gasteiger partial charge in [-0.3, -0.25) is 19.8 Å². The number of nitrogens with two attached hydrogens (primary N) is 2. The molecule has 0 radical (unpaired) electrons. The Morgan fingerprint density at radius 3 is 2.38 bits per heavy atom. The van der Waals surface area contributed by atoms with Crippen molar-refractivity contribution in [2.45, 2.75) is 70.2 Å². The molecule has 1 aromatic carbocycles. The molecule has 0 saturated carbocycles. The second-order valence-corrected chi connectivity index (χ2v) is 14.4. The largest absolute Gasteiger partial charge is 0.398 e. The maximum atomic E-state index is 12.3. The summed E-state index contributed by atoms with van der Waals surface area (Å²) in [5.41, 5.74) is 9.96. The van der Waals surface area contributed by atoms with Gasteiger partial charge in [-0.1, -0.05) is 29.8 Å². The Balaban J connectivity index is 1.34. The van der Waals surface area contributed by atoms with E-state index in [9.17, 15) is 4.79 Å². The monoisotopic (exact) mass is 658 g/mol. The predicted octanol–water partition coefficient (Wildman–Crippen LogP) is 3.37. The number of rotatable bonds is 7. The number of benzene rings is 1. The molecule has 12 heteroatoms. The second-order valence-electron chi connectivity index (χ2n) is 13.7. The summed E-state index contributed by atoms with van der Waals surface area (Å²) in [6.45, 7) is 16.8. The third-order valence-electron chi connectivity index (χ3n) is 10.1. The normalized spacial score (nSPS) is 25.8. The van der Waals surface area contributed by atoms with E-state index in [4.69, 9.17) is 48.9 Å². The van der Waals surface area contributed by atoms with Crippen LogP contribution in [0.4, 0.5) is 11.5 Å². The molecule has 3 atom stereocenters. The summed E-state index contributed by atoms with van der Waals surface area (Å²) in [4.78, 5) is 19.1. The van der Waals surface area contributed by atoms with Gasteiger partial charge in [-0.15, -0.1) is 0 Å². The molecule has 5 saturated heterocycles. The summed E-state index contributed by atoms with van der Waals surface area (Å²) in [5.74, 6) is 1.36. The van der Waals surface area contributed by atoms with E-state index in [0.29, 0.717) is 59.1 Å². The van der Waals surface area contributed by atoms with Gasteiger partial charge in [-0.05, 0) is 64.5 Å². The third-order valence-corrected chi connectivity index (χ3v) is 10.9. The molecule has 5 aliphatic heterocycles. The summed E-state index contributed by atoms with van der Waals surface area (Å²) >= 11 is 13.6. The van der Waals surface area contributed by atoms with Crippen molar-refractivity contribution in [1.29, 1.82) is 0 Å². The number of likely N-dealkylation sites (tertiary alicyclic amines) is 1. The average Bonchev–Trinajstić information content (AvgIpc) is 3.13. The van der Waals surface area contributed by atoms with Crippen LogP contribution >= 0.6 is 23.2 Å². The summed E-state index contributed by atoms with van der Waals surface area (Å²) in [7, 11) is 0. The van der Waals surface area contributed by atoms with Crippen molar-refractivity contribution in [3.63, 3.8) is 0 Å². The first-order valence-electron chi connectivity index (χ1n) is 16.1. The molecule has 244 valence electrons. The number of nitrogens with zero attached hydrogens (tertiary/aromatic N) is 5. The molecule has 0 spiro atoms. The number of amides is 1. The Labute approximate surface area is 275 Å². The van der Waals surface area contributed by atoms with Crippen molar-refractivity contribution in [3.05, 3.63) is 40.0 Å². The lowest BCUT2D eigenvalue weighted by Crippen LogP contribution is -2.52. The first-order chi connectivity index (χ1) is 21.5. The number of fused-ring (bicyclic) bond motifs is 4. The predicted molar refractivity (Wildman–Crippen MR) is 179 cm³/mol. The van der Waals surface area contributed by atoms with Crippen molar-refractivity contribution < 1.29 is 19.7 Å². The van der Waals surface area contributed by atoms with Crippen LogP contribution in [-0.4, -0.2) is 102 Å². The molecule has 2 bridgehead atoms. The van der Waals surface area contributed by atoms with Crippen LogP contribution in [0.25, 0.3) is 11.1 Å². The van der Waals surface area contributed by atoms with Gasteiger partial charge < -0.3 is 25.0 Å². The second kappa shape index (κ2) is 12.9. The molecule has 7 rings (SSSR count). The number of carbonyl (C=O) groups excluding carboxylic acids is 1. The number of carbonyl (C=O) groups is 1. The van der Waals surface area contributed by atoms with Crippen LogP contribution in [0, 0.1) is 12.8 Å². The number of hydrogen-bond donors (Lipinski definition) is 2. The number of aromatic nitrogens is 2. The fourth-order valence-electron chi connectivity index (χ4n) is 7.92. The van der Waals surface area contributed by atoms with E-state index >= 15 is 0 Å². The van der Waals surface area contributed by atoms with Crippen molar-refractivity contribution in [3.8, 4) is 11.1 Å². The lowest BCUT2D eigenvalue weighted by atomic mass is 9.81. The van der Waals surface area contributed by atoms with Crippen LogP contribution in [0.5, 0.6) is 0 Å². The minimum Gasteiger partial charge on any atom is -0.398 e. The number of anilines is 2. The summed E-state index contributed by atoms with van der Waals surface area (Å²) < 4.78 is 14.1. The smallest absolute Gasteiger partial charge is 0.245 e. The molecule has 10 nitrogen and oxygen atoms in total. The van der Waals surface area contributed by atoms with Crippen LogP contribution in [0.3, 0.4) is 0 Å². The third kappa shape index (κ3) is 6.24. The fourth-order valence-corrected chi connectivity index (χ4v) is 8.39. The van der Waals surface area contributed by atoms with E-state index in [1.807, 2.05) is 4.90 Å². The molecular formula is C33H46Cl2N7O3+. The van der Waals surface area contributed by atoms with Gasteiger partial charge in [0.15, 0.2) is 12.0 Å². The first kappa shape index (κ1) is 32.3. The number of halogens is 2. The van der Waals surface area contributed by atoms with E-state index in [1.54, 1.807) is 6.07 Å². The van der Waals surface area contributed by atoms with Crippen molar-refractivity contribution in [2.75, 3.05) is 63.1 Å². The molecule has 45 heavy (non-hydrogen) atoms. The van der Waals surface area contributed by atoms with E-state index in [-0.39, 0.29) is 29.7 Å². The minimum atomic E-state index is -0.190. The maximum Gasteiger partial charge on any atom is 0.245 e. The highest BCUT2D eigenvalue weighted by molar-refractivity contribution is 6.44. The lowest BCUT2D eigenvalue weighted by Gasteiger charge is -2.47. The Morgan fingerprint density at radius 1 is 1.13 bits per heavy atom. The Morgan fingerprint density at radius 2 is 1.80 bits per heavy atom. The fraction of sp³-hybridized carbons (Fsp3) is 0.606. The lowest BCUT2D eigenvalue weighted by molar-refractivity contribution is -0.127. The van der Waals surface area contributed by atoms with Gasteiger partial charge in [0, 0.05) is 67.3 Å². The van der Waals surface area contributed by atoms with Crippen molar-refractivity contribution >= 4 is 46.8 Å². The Hall–Kier alpha value is -2.63. The van der Waals surface area contributed by atoms with Crippen LogP contribution in [0.2, 0.25) is 10.0 Å². The van der Waals surface area contributed by atoms with E-state index < -0.39 is 0 Å². The quantitative estimate of drug-likeness (QED) is 0.266. The molecule has 1 amide bonds. The van der Waals surface area contributed by atoms with Gasteiger partial charge in [0.05, 0.1) is 47.1 Å². The highest BCUT2D eigenvalue weighted by atomic mass is 35.5. The van der Waals surface area contributed by atoms with Crippen LogP contribution in [0.15, 0.2) is 18.7 Å². The highest BCUT2D eigenvalue weighted by Crippen LogP contribution is 2.48. The molecule has 2 aromatic rings. The molecule has 2 unspecified atom stereocenters. The molecule has 1 aromatic heterocycles. The molecule has 5 fully saturated rings. The first-order valence-corrected chi connectivity index (χ1v) is 16.8. The van der Waals surface area contributed by atoms with Crippen LogP contribution in [-0.2, 0) is 14.3 Å². The summed E-state index contributed by atoms with van der Waals surface area (Å²) in [6.07, 6.45) is 6.84. The van der Waals surface area contributed by atoms with Crippen molar-refractivity contribution in [2.24, 2.45) is 5.92 Å². The standard InChI is InChI=1S/C33H45Cl2N7O3/c1-5-28(43)40-9-7-22(8-10-40)42-20(2)29(30-25(14-36)27(37)12-26(34)31(30)35)32(38-42)41-11-6-21(13-33(41,3)4)15-39-16-23-18-45-24(17-39)19-44-23/h5,12,14,21-24,36H,1,6-11,13,15-19,37H2,2-4H3/p+1/t21-,23?,24?/m1/s1. The zero-order chi connectivity index (χ0) is 32.0. The zero-order valence-corrected chi connectivity index (χ0v) is 28.1. The van der Waals surface area contributed by atoms with Gasteiger partial charge in [0.1, 0.15) is 0 Å². The molecular weight excluding hydrogens is 613 g/mol.